The highest BCUT2D eigenvalue weighted by Gasteiger charge is 2.58. The van der Waals surface area contributed by atoms with Crippen LogP contribution in [-0.2, 0) is 11.2 Å². The number of rotatable bonds is 4. The maximum atomic E-state index is 14.4. The van der Waals surface area contributed by atoms with E-state index in [1.165, 1.54) is 0 Å². The number of benzene rings is 2. The fraction of sp³-hybridized carbons (Fsp3) is 0.320. The van der Waals surface area contributed by atoms with E-state index in [4.69, 9.17) is 0 Å². The predicted molar refractivity (Wildman–Crippen MR) is 120 cm³/mol. The van der Waals surface area contributed by atoms with E-state index in [0.717, 1.165) is 11.1 Å². The number of aryl methyl sites for hydroxylation is 2. The smallest absolute Gasteiger partial charge is 0.328 e. The molecule has 2 atom stereocenters. The summed E-state index contributed by atoms with van der Waals surface area (Å²) in [4.78, 5) is 13.1. The summed E-state index contributed by atoms with van der Waals surface area (Å²) < 4.78 is 43.2. The molecule has 33 heavy (non-hydrogen) atoms. The zero-order chi connectivity index (χ0) is 23.5. The molecule has 4 N–H and O–H groups in total. The van der Waals surface area contributed by atoms with Gasteiger partial charge >= 0.3 is 6.18 Å². The Kier molecular flexibility index (Phi) is 6.56. The first-order valence-corrected chi connectivity index (χ1v) is 10.8. The fourth-order valence-corrected chi connectivity index (χ4v) is 4.08. The molecular weight excluding hydrogens is 429 g/mol. The first-order chi connectivity index (χ1) is 15.8. The van der Waals surface area contributed by atoms with Crippen molar-refractivity contribution < 1.29 is 18.0 Å². The number of amides is 1. The number of carbonyl (C=O) groups is 1. The second-order valence-corrected chi connectivity index (χ2v) is 8.28. The van der Waals surface area contributed by atoms with Gasteiger partial charge in [0.05, 0.1) is 6.04 Å². The van der Waals surface area contributed by atoms with Crippen molar-refractivity contribution >= 4 is 11.5 Å². The Bertz CT molecular complexity index is 1090. The van der Waals surface area contributed by atoms with Crippen LogP contribution in [0.1, 0.15) is 29.5 Å². The highest BCUT2D eigenvalue weighted by molar-refractivity contribution is 6.05. The molecule has 172 valence electrons. The van der Waals surface area contributed by atoms with Gasteiger partial charge in [-0.15, -0.1) is 5.92 Å². The summed E-state index contributed by atoms with van der Waals surface area (Å²) in [5.74, 6) is 4.33. The van der Waals surface area contributed by atoms with E-state index in [9.17, 15) is 18.0 Å². The first kappa shape index (κ1) is 23.1. The molecule has 1 amide bonds. The lowest BCUT2D eigenvalue weighted by Crippen LogP contribution is -2.61. The highest BCUT2D eigenvalue weighted by atomic mass is 19.4. The lowest BCUT2D eigenvalue weighted by atomic mass is 9.79. The summed E-state index contributed by atoms with van der Waals surface area (Å²) in [6.07, 6.45) is -4.42. The molecule has 2 unspecified atom stereocenters. The predicted octanol–water partition coefficient (Wildman–Crippen LogP) is 3.19. The molecule has 8 heteroatoms. The Labute approximate surface area is 190 Å². The van der Waals surface area contributed by atoms with Crippen LogP contribution in [0.15, 0.2) is 60.2 Å². The van der Waals surface area contributed by atoms with Crippen molar-refractivity contribution in [3.63, 3.8) is 0 Å². The second-order valence-electron chi connectivity index (χ2n) is 8.28. The van der Waals surface area contributed by atoms with Crippen LogP contribution in [0.25, 0.3) is 5.57 Å². The number of carbonyl (C=O) groups excluding carboxylic acids is 1. The van der Waals surface area contributed by atoms with Gasteiger partial charge in [0, 0.05) is 25.0 Å². The molecule has 2 aromatic rings. The first-order valence-electron chi connectivity index (χ1n) is 10.8. The molecule has 2 heterocycles. The average molecular weight is 454 g/mol. The molecule has 2 aliphatic rings. The third-order valence-corrected chi connectivity index (χ3v) is 5.90. The summed E-state index contributed by atoms with van der Waals surface area (Å²) in [6.45, 7) is 2.26. The Morgan fingerprint density at radius 2 is 1.82 bits per heavy atom. The van der Waals surface area contributed by atoms with Crippen LogP contribution in [0, 0.1) is 18.8 Å². The Morgan fingerprint density at radius 1 is 1.09 bits per heavy atom. The normalized spacial score (nSPS) is 23.2. The minimum atomic E-state index is -4.75. The highest BCUT2D eigenvalue weighted by Crippen LogP contribution is 2.42. The van der Waals surface area contributed by atoms with Gasteiger partial charge in [-0.1, -0.05) is 66.1 Å². The zero-order valence-corrected chi connectivity index (χ0v) is 18.1. The summed E-state index contributed by atoms with van der Waals surface area (Å²) >= 11 is 0. The van der Waals surface area contributed by atoms with Crippen LogP contribution in [0.2, 0.25) is 0 Å². The summed E-state index contributed by atoms with van der Waals surface area (Å²) in [5.41, 5.74) is 9.01. The van der Waals surface area contributed by atoms with E-state index in [0.29, 0.717) is 24.1 Å². The molecular formula is C25H25F3N4O. The van der Waals surface area contributed by atoms with Gasteiger partial charge in [0.25, 0.3) is 5.91 Å². The molecule has 1 saturated heterocycles. The molecule has 4 rings (SSSR count). The quantitative estimate of drug-likeness (QED) is 0.536. The second kappa shape index (κ2) is 9.40. The fourth-order valence-electron chi connectivity index (χ4n) is 4.08. The van der Waals surface area contributed by atoms with Crippen molar-refractivity contribution in [2.45, 2.75) is 43.9 Å². The van der Waals surface area contributed by atoms with Gasteiger partial charge in [0.15, 0.2) is 0 Å². The molecule has 0 spiro atoms. The lowest BCUT2D eigenvalue weighted by Gasteiger charge is -2.38. The molecule has 0 aromatic heterocycles. The number of halogens is 3. The van der Waals surface area contributed by atoms with Crippen molar-refractivity contribution in [2.75, 3.05) is 6.54 Å². The zero-order valence-electron chi connectivity index (χ0n) is 18.1. The minimum Gasteiger partial charge on any atom is -0.328 e. The van der Waals surface area contributed by atoms with Gasteiger partial charge < -0.3 is 5.32 Å². The molecule has 0 bridgehead atoms. The Morgan fingerprint density at radius 3 is 2.45 bits per heavy atom. The minimum absolute atomic E-state index is 0.256. The van der Waals surface area contributed by atoms with E-state index < -0.39 is 30.1 Å². The summed E-state index contributed by atoms with van der Waals surface area (Å²) in [7, 11) is 0. The molecule has 1 fully saturated rings. The van der Waals surface area contributed by atoms with E-state index in [-0.39, 0.29) is 12.0 Å². The van der Waals surface area contributed by atoms with E-state index in [2.05, 4.69) is 33.5 Å². The third kappa shape index (κ3) is 4.96. The van der Waals surface area contributed by atoms with Crippen LogP contribution >= 0.6 is 0 Å². The topological polar surface area (TPSA) is 65.2 Å². The van der Waals surface area contributed by atoms with Crippen molar-refractivity contribution in [2.24, 2.45) is 0 Å². The molecule has 0 saturated carbocycles. The van der Waals surface area contributed by atoms with Crippen molar-refractivity contribution in [1.82, 2.24) is 21.7 Å². The van der Waals surface area contributed by atoms with Crippen LogP contribution in [0.4, 0.5) is 13.2 Å². The number of hydrogen-bond donors (Lipinski definition) is 4. The molecule has 2 aliphatic heterocycles. The van der Waals surface area contributed by atoms with Gasteiger partial charge in [0.1, 0.15) is 0 Å². The van der Waals surface area contributed by atoms with Crippen LogP contribution < -0.4 is 21.7 Å². The van der Waals surface area contributed by atoms with Gasteiger partial charge in [-0.3, -0.25) is 4.79 Å². The number of nitrogens with one attached hydrogen (secondary N) is 4. The van der Waals surface area contributed by atoms with Gasteiger partial charge in [-0.05, 0) is 30.0 Å². The van der Waals surface area contributed by atoms with Crippen LogP contribution in [0.3, 0.4) is 0 Å². The van der Waals surface area contributed by atoms with Crippen molar-refractivity contribution in [3.05, 3.63) is 76.9 Å². The molecule has 5 nitrogen and oxygen atoms in total. The van der Waals surface area contributed by atoms with Crippen molar-refractivity contribution in [3.8, 4) is 11.8 Å². The average Bonchev–Trinajstić information content (AvgIpc) is 3.31. The molecule has 2 aromatic carbocycles. The third-order valence-electron chi connectivity index (χ3n) is 5.90. The number of hydrogen-bond acceptors (Lipinski definition) is 4. The number of alkyl halides is 3. The van der Waals surface area contributed by atoms with Crippen molar-refractivity contribution in [1.29, 1.82) is 0 Å². The van der Waals surface area contributed by atoms with Crippen LogP contribution in [0.5, 0.6) is 0 Å². The standard InChI is InChI=1S/C25H25F3N4O/c1-17-10-12-19(13-11-17)20-15-24(25(26,27)28,14-6-5-9-18-7-3-2-4-8-18)30-23(33)22(20)21-16-29-32-31-21/h2-4,7-8,10-13,21,29,31-32H,5,9,15-16H2,1H3,(H,30,33). The van der Waals surface area contributed by atoms with E-state index >= 15 is 0 Å². The molecule has 0 aliphatic carbocycles. The SMILES string of the molecule is Cc1ccc(C2=C(C3CNNN3)C(=O)NC(C#CCCc3ccccc3)(C(F)(F)F)C2)cc1. The van der Waals surface area contributed by atoms with Gasteiger partial charge in [0.2, 0.25) is 5.54 Å². The van der Waals surface area contributed by atoms with Gasteiger partial charge in [-0.2, -0.15) is 18.7 Å². The summed E-state index contributed by atoms with van der Waals surface area (Å²) in [6, 6.07) is 16.1. The Hall–Kier alpha value is -3.12. The van der Waals surface area contributed by atoms with E-state index in [1.54, 1.807) is 12.1 Å². The summed E-state index contributed by atoms with van der Waals surface area (Å²) in [5, 5.41) is 2.22. The number of hydrazine groups is 2. The molecule has 0 radical (unpaired) electrons. The lowest BCUT2D eigenvalue weighted by molar-refractivity contribution is -0.180. The maximum absolute atomic E-state index is 14.4. The largest absolute Gasteiger partial charge is 0.423 e. The monoisotopic (exact) mass is 454 g/mol. The van der Waals surface area contributed by atoms with Gasteiger partial charge in [-0.25, -0.2) is 10.9 Å². The van der Waals surface area contributed by atoms with E-state index in [1.807, 2.05) is 49.4 Å². The Balaban J connectivity index is 1.71. The van der Waals surface area contributed by atoms with Crippen LogP contribution in [-0.4, -0.2) is 30.2 Å². The maximum Gasteiger partial charge on any atom is 0.423 e.